The van der Waals surface area contributed by atoms with Crippen molar-refractivity contribution >= 4 is 60.5 Å². The van der Waals surface area contributed by atoms with Crippen LogP contribution in [0, 0.1) is 0 Å². The van der Waals surface area contributed by atoms with Gasteiger partial charge in [0.1, 0.15) is 0 Å². The third kappa shape index (κ3) is 3.90. The summed E-state index contributed by atoms with van der Waals surface area (Å²) in [6, 6.07) is 9.42. The van der Waals surface area contributed by atoms with E-state index in [9.17, 15) is 18.0 Å². The van der Waals surface area contributed by atoms with Gasteiger partial charge in [-0.1, -0.05) is 22.9 Å². The van der Waals surface area contributed by atoms with Crippen LogP contribution in [0.3, 0.4) is 0 Å². The van der Waals surface area contributed by atoms with E-state index in [4.69, 9.17) is 11.6 Å². The number of halogens is 1. The molecule has 2 aromatic carbocycles. The van der Waals surface area contributed by atoms with Gasteiger partial charge >= 0.3 is 4.87 Å². The van der Waals surface area contributed by atoms with Crippen LogP contribution in [0.15, 0.2) is 41.2 Å². The summed E-state index contributed by atoms with van der Waals surface area (Å²) < 4.78 is 27.1. The van der Waals surface area contributed by atoms with Crippen molar-refractivity contribution in [1.82, 2.24) is 4.57 Å². The lowest BCUT2D eigenvalue weighted by atomic mass is 10.2. The molecule has 0 aliphatic carbocycles. The normalized spacial score (nSPS) is 11.5. The van der Waals surface area contributed by atoms with Gasteiger partial charge in [0.05, 0.1) is 27.1 Å². The minimum atomic E-state index is -3.43. The summed E-state index contributed by atoms with van der Waals surface area (Å²) in [7, 11) is -1.75. The van der Waals surface area contributed by atoms with Crippen LogP contribution in [0.4, 0.5) is 11.4 Å². The second-order valence-electron chi connectivity index (χ2n) is 5.63. The Bertz CT molecular complexity index is 1180. The molecule has 1 amide bonds. The minimum absolute atomic E-state index is 0.0829. The molecule has 0 fully saturated rings. The summed E-state index contributed by atoms with van der Waals surface area (Å²) in [5, 5.41) is 2.83. The Morgan fingerprint density at radius 1 is 1.15 bits per heavy atom. The maximum Gasteiger partial charge on any atom is 0.307 e. The summed E-state index contributed by atoms with van der Waals surface area (Å²) in [5.74, 6) is -0.441. The number of carbonyl (C=O) groups is 1. The fraction of sp³-hybridized carbons (Fsp3) is 0.125. The minimum Gasteiger partial charge on any atom is -0.322 e. The van der Waals surface area contributed by atoms with Crippen molar-refractivity contribution in [2.24, 2.45) is 7.05 Å². The van der Waals surface area contributed by atoms with E-state index in [1.807, 2.05) is 0 Å². The van der Waals surface area contributed by atoms with E-state index in [0.717, 1.165) is 27.8 Å². The van der Waals surface area contributed by atoms with Crippen LogP contribution in [0.25, 0.3) is 10.2 Å². The molecule has 0 radical (unpaired) electrons. The number of benzene rings is 2. The number of nitrogens with zero attached hydrogens (tertiary/aromatic N) is 1. The SMILES string of the molecule is Cn1c(=O)sc2cc(NC(=O)c3ccc(NS(C)(=O)=O)cc3Cl)ccc21. The predicted molar refractivity (Wildman–Crippen MR) is 105 cm³/mol. The topological polar surface area (TPSA) is 97.3 Å². The monoisotopic (exact) mass is 411 g/mol. The average Bonchev–Trinajstić information content (AvgIpc) is 2.80. The van der Waals surface area contributed by atoms with Crippen LogP contribution in [0.1, 0.15) is 10.4 Å². The number of hydrogen-bond donors (Lipinski definition) is 2. The molecule has 0 aliphatic heterocycles. The van der Waals surface area contributed by atoms with E-state index in [1.54, 1.807) is 25.2 Å². The van der Waals surface area contributed by atoms with Gasteiger partial charge in [-0.3, -0.25) is 14.3 Å². The van der Waals surface area contributed by atoms with Crippen molar-refractivity contribution in [1.29, 1.82) is 0 Å². The Balaban J connectivity index is 1.85. The lowest BCUT2D eigenvalue weighted by molar-refractivity contribution is 0.102. The lowest BCUT2D eigenvalue weighted by Crippen LogP contribution is -2.13. The number of aryl methyl sites for hydroxylation is 1. The molecule has 1 aromatic heterocycles. The molecule has 3 aromatic rings. The van der Waals surface area contributed by atoms with Crippen LogP contribution >= 0.6 is 22.9 Å². The number of thiazole rings is 1. The largest absolute Gasteiger partial charge is 0.322 e. The number of hydrogen-bond acceptors (Lipinski definition) is 5. The molecular weight excluding hydrogens is 398 g/mol. The number of rotatable bonds is 4. The van der Waals surface area contributed by atoms with Gasteiger partial charge in [0.15, 0.2) is 0 Å². The van der Waals surface area contributed by atoms with E-state index in [2.05, 4.69) is 10.0 Å². The summed E-state index contributed by atoms with van der Waals surface area (Å²) in [6.07, 6.45) is 1.02. The Morgan fingerprint density at radius 2 is 1.85 bits per heavy atom. The van der Waals surface area contributed by atoms with Gasteiger partial charge in [0.25, 0.3) is 5.91 Å². The Hall–Kier alpha value is -2.36. The zero-order valence-corrected chi connectivity index (χ0v) is 16.1. The maximum absolute atomic E-state index is 12.4. The zero-order chi connectivity index (χ0) is 19.1. The summed E-state index contributed by atoms with van der Waals surface area (Å²) >= 11 is 7.19. The van der Waals surface area contributed by atoms with Gasteiger partial charge < -0.3 is 9.88 Å². The lowest BCUT2D eigenvalue weighted by Gasteiger charge is -2.09. The van der Waals surface area contributed by atoms with Crippen molar-refractivity contribution in [2.45, 2.75) is 0 Å². The van der Waals surface area contributed by atoms with E-state index >= 15 is 0 Å². The summed E-state index contributed by atoms with van der Waals surface area (Å²) in [6.45, 7) is 0. The Labute approximate surface area is 158 Å². The highest BCUT2D eigenvalue weighted by atomic mass is 35.5. The molecule has 0 unspecified atom stereocenters. The van der Waals surface area contributed by atoms with E-state index in [-0.39, 0.29) is 21.1 Å². The fourth-order valence-corrected chi connectivity index (χ4v) is 4.13. The van der Waals surface area contributed by atoms with Gasteiger partial charge in [0.2, 0.25) is 10.0 Å². The van der Waals surface area contributed by atoms with E-state index < -0.39 is 15.9 Å². The molecule has 0 spiro atoms. The van der Waals surface area contributed by atoms with Gasteiger partial charge in [0, 0.05) is 18.4 Å². The first-order valence-electron chi connectivity index (χ1n) is 7.32. The Kier molecular flexibility index (Phi) is 4.78. The average molecular weight is 412 g/mol. The molecular formula is C16H14ClN3O4S2. The summed E-state index contributed by atoms with van der Waals surface area (Å²) in [4.78, 5) is 24.1. The van der Waals surface area contributed by atoms with Gasteiger partial charge in [-0.15, -0.1) is 0 Å². The molecule has 1 heterocycles. The standard InChI is InChI=1S/C16H14ClN3O4S2/c1-20-13-6-4-9(8-14(13)25-16(20)22)18-15(21)11-5-3-10(7-12(11)17)19-26(2,23)24/h3-8,19H,1-2H3,(H,18,21). The first-order valence-corrected chi connectivity index (χ1v) is 10.4. The molecule has 136 valence electrons. The molecule has 0 aliphatic rings. The molecule has 26 heavy (non-hydrogen) atoms. The zero-order valence-electron chi connectivity index (χ0n) is 13.7. The second kappa shape index (κ2) is 6.75. The van der Waals surface area contributed by atoms with Crippen molar-refractivity contribution in [3.63, 3.8) is 0 Å². The van der Waals surface area contributed by atoms with E-state index in [0.29, 0.717) is 5.69 Å². The molecule has 0 saturated carbocycles. The third-order valence-electron chi connectivity index (χ3n) is 3.57. The van der Waals surface area contributed by atoms with Crippen LogP contribution < -0.4 is 14.9 Å². The number of sulfonamides is 1. The van der Waals surface area contributed by atoms with Crippen LogP contribution in [-0.2, 0) is 17.1 Å². The number of fused-ring (bicyclic) bond motifs is 1. The Morgan fingerprint density at radius 3 is 2.50 bits per heavy atom. The van der Waals surface area contributed by atoms with Crippen LogP contribution in [-0.4, -0.2) is 25.1 Å². The summed E-state index contributed by atoms with van der Waals surface area (Å²) in [5.41, 5.74) is 1.78. The number of anilines is 2. The highest BCUT2D eigenvalue weighted by Gasteiger charge is 2.13. The number of nitrogens with one attached hydrogen (secondary N) is 2. The fourth-order valence-electron chi connectivity index (χ4n) is 2.39. The van der Waals surface area contributed by atoms with E-state index in [1.165, 1.54) is 22.8 Å². The molecule has 7 nitrogen and oxygen atoms in total. The molecule has 3 rings (SSSR count). The molecule has 2 N–H and O–H groups in total. The molecule has 0 bridgehead atoms. The van der Waals surface area contributed by atoms with Crippen molar-refractivity contribution in [2.75, 3.05) is 16.3 Å². The van der Waals surface area contributed by atoms with Crippen molar-refractivity contribution < 1.29 is 13.2 Å². The molecule has 10 heteroatoms. The van der Waals surface area contributed by atoms with Gasteiger partial charge in [-0.25, -0.2) is 8.42 Å². The van der Waals surface area contributed by atoms with Crippen LogP contribution in [0.5, 0.6) is 0 Å². The highest BCUT2D eigenvalue weighted by Crippen LogP contribution is 2.25. The highest BCUT2D eigenvalue weighted by molar-refractivity contribution is 7.92. The molecule has 0 saturated heterocycles. The van der Waals surface area contributed by atoms with Crippen molar-refractivity contribution in [3.05, 3.63) is 56.7 Å². The number of aromatic nitrogens is 1. The third-order valence-corrected chi connectivity index (χ3v) is 5.48. The first kappa shape index (κ1) is 18.4. The first-order chi connectivity index (χ1) is 12.1. The predicted octanol–water partition coefficient (Wildman–Crippen LogP) is 2.88. The number of amides is 1. The van der Waals surface area contributed by atoms with Crippen molar-refractivity contribution in [3.8, 4) is 0 Å². The van der Waals surface area contributed by atoms with Gasteiger partial charge in [-0.2, -0.15) is 0 Å². The maximum atomic E-state index is 12.4. The van der Waals surface area contributed by atoms with Crippen LogP contribution in [0.2, 0.25) is 5.02 Å². The quantitative estimate of drug-likeness (QED) is 0.689. The smallest absolute Gasteiger partial charge is 0.307 e. The second-order valence-corrected chi connectivity index (χ2v) is 8.78. The molecule has 0 atom stereocenters. The number of carbonyl (C=O) groups excluding carboxylic acids is 1. The van der Waals surface area contributed by atoms with Gasteiger partial charge in [-0.05, 0) is 36.4 Å².